The molecule has 3 aromatic carbocycles. The molecule has 0 spiro atoms. The standard InChI is InChI=1S/C28H26O/c1-29-24-17-15-23(16-18-24)28-19-9-8-14-25(26(28)20-28)27(21-10-4-2-5-11-21)22-12-6-3-7-13-22/h2-13,15-18,26H,14,19-20H2,1H3/t26-,28+/m1/s1. The van der Waals surface area contributed by atoms with Crippen molar-refractivity contribution in [2.75, 3.05) is 7.11 Å². The highest BCUT2D eigenvalue weighted by Crippen LogP contribution is 2.63. The maximum Gasteiger partial charge on any atom is 0.118 e. The van der Waals surface area contributed by atoms with Crippen LogP contribution < -0.4 is 4.74 Å². The molecule has 2 aliphatic carbocycles. The minimum absolute atomic E-state index is 0.226. The van der Waals surface area contributed by atoms with Crippen molar-refractivity contribution in [1.29, 1.82) is 0 Å². The van der Waals surface area contributed by atoms with E-state index in [0.717, 1.165) is 18.6 Å². The van der Waals surface area contributed by atoms with Gasteiger partial charge in [0.15, 0.2) is 0 Å². The Labute approximate surface area is 173 Å². The summed E-state index contributed by atoms with van der Waals surface area (Å²) in [7, 11) is 1.73. The van der Waals surface area contributed by atoms with Crippen molar-refractivity contribution in [3.05, 3.63) is 119 Å². The van der Waals surface area contributed by atoms with Crippen LogP contribution in [-0.4, -0.2) is 7.11 Å². The monoisotopic (exact) mass is 378 g/mol. The predicted octanol–water partition coefficient (Wildman–Crippen LogP) is 6.81. The molecule has 144 valence electrons. The Bertz CT molecular complexity index is 1000. The largest absolute Gasteiger partial charge is 0.497 e. The van der Waals surface area contributed by atoms with E-state index in [1.807, 2.05) is 0 Å². The number of benzene rings is 3. The van der Waals surface area contributed by atoms with Crippen LogP contribution in [0.1, 0.15) is 36.0 Å². The summed E-state index contributed by atoms with van der Waals surface area (Å²) in [4.78, 5) is 0. The number of hydrogen-bond donors (Lipinski definition) is 0. The Hall–Kier alpha value is -3.06. The molecule has 1 nitrogen and oxygen atoms in total. The first-order chi connectivity index (χ1) is 14.3. The smallest absolute Gasteiger partial charge is 0.118 e. The topological polar surface area (TPSA) is 9.23 Å². The summed E-state index contributed by atoms with van der Waals surface area (Å²) in [5, 5.41) is 0. The van der Waals surface area contributed by atoms with Gasteiger partial charge >= 0.3 is 0 Å². The zero-order chi connectivity index (χ0) is 19.7. The lowest BCUT2D eigenvalue weighted by molar-refractivity contribution is 0.414. The molecular formula is C28H26O. The summed E-state index contributed by atoms with van der Waals surface area (Å²) in [6.07, 6.45) is 8.14. The van der Waals surface area contributed by atoms with E-state index in [0.29, 0.717) is 5.92 Å². The van der Waals surface area contributed by atoms with Crippen molar-refractivity contribution in [2.45, 2.75) is 24.7 Å². The Morgan fingerprint density at radius 2 is 1.41 bits per heavy atom. The molecule has 5 rings (SSSR count). The summed E-state index contributed by atoms with van der Waals surface area (Å²) < 4.78 is 5.38. The van der Waals surface area contributed by atoms with E-state index < -0.39 is 0 Å². The highest BCUT2D eigenvalue weighted by atomic mass is 16.5. The van der Waals surface area contributed by atoms with Crippen molar-refractivity contribution in [3.8, 4) is 5.75 Å². The molecule has 0 amide bonds. The Kier molecular flexibility index (Phi) is 4.60. The number of allylic oxidation sites excluding steroid dienone is 3. The fourth-order valence-electron chi connectivity index (χ4n) is 5.02. The van der Waals surface area contributed by atoms with Crippen LogP contribution in [0.15, 0.2) is 103 Å². The lowest BCUT2D eigenvalue weighted by Gasteiger charge is -2.20. The molecule has 3 aromatic rings. The molecule has 0 unspecified atom stereocenters. The second-order valence-electron chi connectivity index (χ2n) is 8.15. The molecular weight excluding hydrogens is 352 g/mol. The summed E-state index contributed by atoms with van der Waals surface area (Å²) in [5.74, 6) is 1.51. The summed E-state index contributed by atoms with van der Waals surface area (Å²) >= 11 is 0. The minimum atomic E-state index is 0.226. The van der Waals surface area contributed by atoms with Crippen LogP contribution in [0.25, 0.3) is 5.57 Å². The van der Waals surface area contributed by atoms with Gasteiger partial charge in [0, 0.05) is 5.41 Å². The van der Waals surface area contributed by atoms with Gasteiger partial charge in [-0.3, -0.25) is 0 Å². The molecule has 0 radical (unpaired) electrons. The zero-order valence-electron chi connectivity index (χ0n) is 16.8. The lowest BCUT2D eigenvalue weighted by atomic mass is 9.84. The highest BCUT2D eigenvalue weighted by Gasteiger charge is 2.56. The van der Waals surface area contributed by atoms with E-state index in [1.54, 1.807) is 12.7 Å². The van der Waals surface area contributed by atoms with Gasteiger partial charge in [-0.25, -0.2) is 0 Å². The van der Waals surface area contributed by atoms with Gasteiger partial charge in [-0.2, -0.15) is 0 Å². The van der Waals surface area contributed by atoms with Crippen LogP contribution in [0.5, 0.6) is 5.75 Å². The quantitative estimate of drug-likeness (QED) is 0.453. The van der Waals surface area contributed by atoms with Crippen LogP contribution in [-0.2, 0) is 5.41 Å². The molecule has 1 fully saturated rings. The van der Waals surface area contributed by atoms with Gasteiger partial charge in [-0.05, 0) is 59.6 Å². The van der Waals surface area contributed by atoms with Gasteiger partial charge < -0.3 is 4.74 Å². The fraction of sp³-hybridized carbons (Fsp3) is 0.214. The van der Waals surface area contributed by atoms with Gasteiger partial charge in [-0.15, -0.1) is 0 Å². The molecule has 0 bridgehead atoms. The van der Waals surface area contributed by atoms with Crippen LogP contribution in [0.3, 0.4) is 0 Å². The molecule has 1 heteroatoms. The van der Waals surface area contributed by atoms with Crippen LogP contribution in [0, 0.1) is 5.92 Å². The molecule has 2 aliphatic rings. The normalized spacial score (nSPS) is 22.5. The summed E-state index contributed by atoms with van der Waals surface area (Å²) in [5.41, 5.74) is 7.29. The third-order valence-corrected chi connectivity index (χ3v) is 6.59. The first-order valence-electron chi connectivity index (χ1n) is 10.5. The Morgan fingerprint density at radius 1 is 0.793 bits per heavy atom. The third-order valence-electron chi connectivity index (χ3n) is 6.59. The van der Waals surface area contributed by atoms with Crippen LogP contribution in [0.4, 0.5) is 0 Å². The number of rotatable bonds is 4. The SMILES string of the molecule is COc1ccc([C@@]23CC=CCC(=C(c4ccccc4)c4ccccc4)[C@H]2C3)cc1. The first-order valence-corrected chi connectivity index (χ1v) is 10.5. The predicted molar refractivity (Wildman–Crippen MR) is 120 cm³/mol. The molecule has 0 heterocycles. The fourth-order valence-corrected chi connectivity index (χ4v) is 5.02. The molecule has 1 saturated carbocycles. The molecule has 0 N–H and O–H groups in total. The third kappa shape index (κ3) is 3.21. The maximum atomic E-state index is 5.38. The highest BCUT2D eigenvalue weighted by molar-refractivity contribution is 5.83. The number of hydrogen-bond acceptors (Lipinski definition) is 1. The maximum absolute atomic E-state index is 5.38. The number of fused-ring (bicyclic) bond motifs is 1. The molecule has 0 aromatic heterocycles. The summed E-state index contributed by atoms with van der Waals surface area (Å²) in [6, 6.07) is 30.5. The molecule has 2 atom stereocenters. The van der Waals surface area contributed by atoms with Crippen LogP contribution >= 0.6 is 0 Å². The van der Waals surface area contributed by atoms with Crippen molar-refractivity contribution in [3.63, 3.8) is 0 Å². The zero-order valence-corrected chi connectivity index (χ0v) is 16.8. The van der Waals surface area contributed by atoms with Crippen molar-refractivity contribution < 1.29 is 4.74 Å². The minimum Gasteiger partial charge on any atom is -0.497 e. The first kappa shape index (κ1) is 18.0. The van der Waals surface area contributed by atoms with Gasteiger partial charge in [0.25, 0.3) is 0 Å². The van der Waals surface area contributed by atoms with E-state index >= 15 is 0 Å². The van der Waals surface area contributed by atoms with Gasteiger partial charge in [0.2, 0.25) is 0 Å². The average Bonchev–Trinajstić information content (AvgIpc) is 3.54. The second kappa shape index (κ2) is 7.40. The van der Waals surface area contributed by atoms with Crippen LogP contribution in [0.2, 0.25) is 0 Å². The summed E-state index contributed by atoms with van der Waals surface area (Å²) in [6.45, 7) is 0. The molecule has 0 saturated heterocycles. The second-order valence-corrected chi connectivity index (χ2v) is 8.15. The Morgan fingerprint density at radius 3 is 2.00 bits per heavy atom. The van der Waals surface area contributed by atoms with Gasteiger partial charge in [0.1, 0.15) is 5.75 Å². The Balaban J connectivity index is 1.64. The van der Waals surface area contributed by atoms with Crippen molar-refractivity contribution in [1.82, 2.24) is 0 Å². The average molecular weight is 379 g/mol. The molecule has 0 aliphatic heterocycles. The van der Waals surface area contributed by atoms with E-state index in [2.05, 4.69) is 97.1 Å². The van der Waals surface area contributed by atoms with E-state index in [9.17, 15) is 0 Å². The number of methoxy groups -OCH3 is 1. The van der Waals surface area contributed by atoms with Gasteiger partial charge in [-0.1, -0.05) is 90.5 Å². The van der Waals surface area contributed by atoms with E-state index in [-0.39, 0.29) is 5.41 Å². The van der Waals surface area contributed by atoms with Crippen molar-refractivity contribution in [2.24, 2.45) is 5.92 Å². The van der Waals surface area contributed by atoms with Gasteiger partial charge in [0.05, 0.1) is 7.11 Å². The van der Waals surface area contributed by atoms with Crippen molar-refractivity contribution >= 4 is 5.57 Å². The van der Waals surface area contributed by atoms with E-state index in [4.69, 9.17) is 4.74 Å². The lowest BCUT2D eigenvalue weighted by Crippen LogP contribution is -2.10. The molecule has 29 heavy (non-hydrogen) atoms. The number of ether oxygens (including phenoxy) is 1. The van der Waals surface area contributed by atoms with E-state index in [1.165, 1.54) is 28.7 Å².